The maximum Gasteiger partial charge on any atom is 0.423 e. The molecule has 0 radical (unpaired) electrons. The van der Waals surface area contributed by atoms with Crippen LogP contribution in [0.25, 0.3) is 0 Å². The van der Waals surface area contributed by atoms with Gasteiger partial charge in [0, 0.05) is 6.54 Å². The molecule has 0 atom stereocenters. The number of halogens is 3. The van der Waals surface area contributed by atoms with Crippen molar-refractivity contribution >= 4 is 5.78 Å². The highest BCUT2D eigenvalue weighted by Crippen LogP contribution is 2.44. The van der Waals surface area contributed by atoms with Gasteiger partial charge in [-0.3, -0.25) is 4.79 Å². The lowest BCUT2D eigenvalue weighted by Crippen LogP contribution is -2.11. The number of ether oxygens (including phenoxy) is 1. The molecular weight excluding hydrogens is 335 g/mol. The number of hydrogen-bond donors (Lipinski definition) is 2. The molecule has 0 fully saturated rings. The molecule has 0 aliphatic heterocycles. The largest absolute Gasteiger partial charge is 0.506 e. The second-order valence-electron chi connectivity index (χ2n) is 5.53. The van der Waals surface area contributed by atoms with Crippen LogP contribution >= 0.6 is 0 Å². The molecule has 0 aliphatic carbocycles. The van der Waals surface area contributed by atoms with E-state index in [4.69, 9.17) is 4.74 Å². The van der Waals surface area contributed by atoms with Gasteiger partial charge in [-0.1, -0.05) is 24.3 Å². The lowest BCUT2D eigenvalue weighted by Gasteiger charge is -2.17. The SMILES string of the molecule is CNCc1cccc(COc2ccc(C(C)=O)c(O)c2C(F)(F)F)c1. The average Bonchev–Trinajstić information content (AvgIpc) is 2.52. The Balaban J connectivity index is 2.32. The molecule has 134 valence electrons. The number of aromatic hydroxyl groups is 1. The van der Waals surface area contributed by atoms with Crippen LogP contribution in [-0.4, -0.2) is 17.9 Å². The Morgan fingerprint density at radius 1 is 1.20 bits per heavy atom. The topological polar surface area (TPSA) is 58.6 Å². The highest BCUT2D eigenvalue weighted by Gasteiger charge is 2.39. The van der Waals surface area contributed by atoms with Crippen molar-refractivity contribution in [3.63, 3.8) is 0 Å². The molecule has 25 heavy (non-hydrogen) atoms. The van der Waals surface area contributed by atoms with Crippen LogP contribution in [0.1, 0.15) is 34.0 Å². The standard InChI is InChI=1S/C18H18F3NO3/c1-11(23)14-6-7-15(16(17(14)24)18(19,20)21)25-10-13-5-3-4-12(8-13)9-22-2/h3-8,22,24H,9-10H2,1-2H3. The number of Topliss-reactive ketones (excluding diaryl/α,β-unsaturated/α-hetero) is 1. The predicted molar refractivity (Wildman–Crippen MR) is 86.7 cm³/mol. The molecule has 7 heteroatoms. The number of carbonyl (C=O) groups excluding carboxylic acids is 1. The number of phenolic OH excluding ortho intramolecular Hbond substituents is 1. The second-order valence-corrected chi connectivity index (χ2v) is 5.53. The smallest absolute Gasteiger partial charge is 0.423 e. The third kappa shape index (κ3) is 4.51. The Morgan fingerprint density at radius 3 is 2.48 bits per heavy atom. The Bertz CT molecular complexity index is 773. The molecule has 0 bridgehead atoms. The van der Waals surface area contributed by atoms with Gasteiger partial charge in [-0.25, -0.2) is 0 Å². The molecular formula is C18H18F3NO3. The van der Waals surface area contributed by atoms with Gasteiger partial charge >= 0.3 is 6.18 Å². The van der Waals surface area contributed by atoms with Gasteiger partial charge in [-0.15, -0.1) is 0 Å². The van der Waals surface area contributed by atoms with Gasteiger partial charge in [0.2, 0.25) is 0 Å². The molecule has 0 saturated heterocycles. The van der Waals surface area contributed by atoms with E-state index in [1.165, 1.54) is 0 Å². The van der Waals surface area contributed by atoms with Gasteiger partial charge in [0.05, 0.1) is 5.56 Å². The summed E-state index contributed by atoms with van der Waals surface area (Å²) < 4.78 is 45.1. The van der Waals surface area contributed by atoms with Gasteiger partial charge < -0.3 is 15.2 Å². The zero-order valence-electron chi connectivity index (χ0n) is 13.8. The van der Waals surface area contributed by atoms with Crippen molar-refractivity contribution in [3.8, 4) is 11.5 Å². The van der Waals surface area contributed by atoms with E-state index in [1.54, 1.807) is 19.2 Å². The molecule has 0 heterocycles. The van der Waals surface area contributed by atoms with Crippen molar-refractivity contribution < 1.29 is 27.8 Å². The van der Waals surface area contributed by atoms with E-state index < -0.39 is 34.6 Å². The fourth-order valence-corrected chi connectivity index (χ4v) is 2.45. The van der Waals surface area contributed by atoms with Crippen LogP contribution in [0, 0.1) is 0 Å². The molecule has 0 saturated carbocycles. The van der Waals surface area contributed by atoms with Crippen LogP contribution in [0.5, 0.6) is 11.5 Å². The van der Waals surface area contributed by atoms with Gasteiger partial charge in [0.1, 0.15) is 23.7 Å². The van der Waals surface area contributed by atoms with Crippen LogP contribution in [0.15, 0.2) is 36.4 Å². The molecule has 0 aromatic heterocycles. The zero-order chi connectivity index (χ0) is 18.6. The predicted octanol–water partition coefficient (Wildman–Crippen LogP) is 3.91. The average molecular weight is 353 g/mol. The molecule has 2 aromatic rings. The summed E-state index contributed by atoms with van der Waals surface area (Å²) in [7, 11) is 1.79. The summed E-state index contributed by atoms with van der Waals surface area (Å²) in [5, 5.41) is 12.8. The van der Waals surface area contributed by atoms with Crippen molar-refractivity contribution in [2.24, 2.45) is 0 Å². The zero-order valence-corrected chi connectivity index (χ0v) is 13.8. The van der Waals surface area contributed by atoms with Crippen LogP contribution in [0.3, 0.4) is 0 Å². The maximum atomic E-state index is 13.3. The second kappa shape index (κ2) is 7.57. The van der Waals surface area contributed by atoms with Crippen molar-refractivity contribution in [3.05, 3.63) is 58.7 Å². The first-order valence-corrected chi connectivity index (χ1v) is 7.53. The molecule has 0 spiro atoms. The third-order valence-electron chi connectivity index (χ3n) is 3.57. The first-order chi connectivity index (χ1) is 11.7. The van der Waals surface area contributed by atoms with E-state index in [1.807, 2.05) is 12.1 Å². The summed E-state index contributed by atoms with van der Waals surface area (Å²) in [6.07, 6.45) is -4.85. The molecule has 0 amide bonds. The van der Waals surface area contributed by atoms with Gasteiger partial charge in [0.15, 0.2) is 5.78 Å². The van der Waals surface area contributed by atoms with Gasteiger partial charge in [0.25, 0.3) is 0 Å². The summed E-state index contributed by atoms with van der Waals surface area (Å²) in [6, 6.07) is 9.39. The fraction of sp³-hybridized carbons (Fsp3) is 0.278. The Morgan fingerprint density at radius 2 is 1.88 bits per heavy atom. The van der Waals surface area contributed by atoms with E-state index in [9.17, 15) is 23.1 Å². The Labute approximate surface area is 143 Å². The highest BCUT2D eigenvalue weighted by molar-refractivity contribution is 5.97. The fourth-order valence-electron chi connectivity index (χ4n) is 2.45. The van der Waals surface area contributed by atoms with Crippen LogP contribution in [0.2, 0.25) is 0 Å². The van der Waals surface area contributed by atoms with Crippen LogP contribution in [0.4, 0.5) is 13.2 Å². The Hall–Kier alpha value is -2.54. The molecule has 2 rings (SSSR count). The number of rotatable bonds is 6. The van der Waals surface area contributed by atoms with Crippen molar-refractivity contribution in [1.82, 2.24) is 5.32 Å². The molecule has 0 unspecified atom stereocenters. The summed E-state index contributed by atoms with van der Waals surface area (Å²) in [4.78, 5) is 11.4. The van der Waals surface area contributed by atoms with Crippen molar-refractivity contribution in [2.75, 3.05) is 7.05 Å². The van der Waals surface area contributed by atoms with Crippen LogP contribution in [-0.2, 0) is 19.3 Å². The van der Waals surface area contributed by atoms with E-state index in [2.05, 4.69) is 5.32 Å². The summed E-state index contributed by atoms with van der Waals surface area (Å²) in [5.74, 6) is -2.29. The number of hydrogen-bond acceptors (Lipinski definition) is 4. The lowest BCUT2D eigenvalue weighted by molar-refractivity contribution is -0.140. The number of nitrogens with one attached hydrogen (secondary N) is 1. The first kappa shape index (κ1) is 18.8. The van der Waals surface area contributed by atoms with Crippen LogP contribution < -0.4 is 10.1 Å². The summed E-state index contributed by atoms with van der Waals surface area (Å²) >= 11 is 0. The quantitative estimate of drug-likeness (QED) is 0.773. The summed E-state index contributed by atoms with van der Waals surface area (Å²) in [6.45, 7) is 1.61. The molecule has 2 aromatic carbocycles. The molecule has 0 aliphatic rings. The van der Waals surface area contributed by atoms with Crippen molar-refractivity contribution in [2.45, 2.75) is 26.3 Å². The number of carbonyl (C=O) groups is 1. The lowest BCUT2D eigenvalue weighted by atomic mass is 10.0. The summed E-state index contributed by atoms with van der Waals surface area (Å²) in [5.41, 5.74) is -0.0762. The maximum absolute atomic E-state index is 13.3. The third-order valence-corrected chi connectivity index (χ3v) is 3.57. The first-order valence-electron chi connectivity index (χ1n) is 7.53. The minimum absolute atomic E-state index is 0.0977. The van der Waals surface area contributed by atoms with Crippen molar-refractivity contribution in [1.29, 1.82) is 0 Å². The monoisotopic (exact) mass is 353 g/mol. The van der Waals surface area contributed by atoms with Gasteiger partial charge in [-0.05, 0) is 37.2 Å². The minimum atomic E-state index is -4.85. The molecule has 4 nitrogen and oxygen atoms in total. The number of alkyl halides is 3. The van der Waals surface area contributed by atoms with E-state index >= 15 is 0 Å². The number of benzene rings is 2. The van der Waals surface area contributed by atoms with E-state index in [0.717, 1.165) is 24.6 Å². The van der Waals surface area contributed by atoms with E-state index in [0.29, 0.717) is 12.1 Å². The number of ketones is 1. The highest BCUT2D eigenvalue weighted by atomic mass is 19.4. The minimum Gasteiger partial charge on any atom is -0.506 e. The Kier molecular flexibility index (Phi) is 5.69. The van der Waals surface area contributed by atoms with Gasteiger partial charge in [-0.2, -0.15) is 13.2 Å². The van der Waals surface area contributed by atoms with E-state index in [-0.39, 0.29) is 6.61 Å². The molecule has 2 N–H and O–H groups in total. The number of phenols is 1. The normalized spacial score (nSPS) is 11.4.